The first-order valence-corrected chi connectivity index (χ1v) is 7.57. The van der Waals surface area contributed by atoms with Crippen LogP contribution in [0.4, 0.5) is 0 Å². The standard InChI is InChI=1S/C16H20N2O3/c1-2-12(17-15(19)11-6-5-7-11)10-18-13-8-3-4-9-14(13)21-16(18)20/h3-4,8-9,11-12H,2,5-7,10H2,1H3,(H,17,19)/t12-/m1/s1. The number of oxazole rings is 1. The molecular weight excluding hydrogens is 268 g/mol. The minimum Gasteiger partial charge on any atom is -0.408 e. The second-order valence-electron chi connectivity index (χ2n) is 5.69. The van der Waals surface area contributed by atoms with Gasteiger partial charge in [-0.25, -0.2) is 4.79 Å². The topological polar surface area (TPSA) is 64.2 Å². The van der Waals surface area contributed by atoms with Gasteiger partial charge in [0.25, 0.3) is 0 Å². The third kappa shape index (κ3) is 2.73. The molecule has 5 nitrogen and oxygen atoms in total. The minimum absolute atomic E-state index is 0.0446. The molecule has 1 amide bonds. The van der Waals surface area contributed by atoms with E-state index in [0.717, 1.165) is 31.2 Å². The van der Waals surface area contributed by atoms with E-state index < -0.39 is 0 Å². The highest BCUT2D eigenvalue weighted by Gasteiger charge is 2.27. The van der Waals surface area contributed by atoms with Gasteiger partial charge in [-0.1, -0.05) is 25.5 Å². The van der Waals surface area contributed by atoms with Crippen molar-refractivity contribution in [2.75, 3.05) is 0 Å². The molecule has 1 aliphatic rings. The molecule has 0 unspecified atom stereocenters. The summed E-state index contributed by atoms with van der Waals surface area (Å²) in [7, 11) is 0. The predicted octanol–water partition coefficient (Wildman–Crippen LogP) is 2.29. The third-order valence-corrected chi connectivity index (χ3v) is 4.29. The van der Waals surface area contributed by atoms with Crippen LogP contribution in [0.1, 0.15) is 32.6 Å². The number of para-hydroxylation sites is 2. The van der Waals surface area contributed by atoms with Crippen molar-refractivity contribution in [2.24, 2.45) is 5.92 Å². The quantitative estimate of drug-likeness (QED) is 0.918. The molecule has 1 aromatic heterocycles. The number of hydrogen-bond donors (Lipinski definition) is 1. The van der Waals surface area contributed by atoms with Crippen LogP contribution in [0.5, 0.6) is 0 Å². The van der Waals surface area contributed by atoms with Gasteiger partial charge in [-0.3, -0.25) is 9.36 Å². The first kappa shape index (κ1) is 13.9. The lowest BCUT2D eigenvalue weighted by Crippen LogP contribution is -2.43. The van der Waals surface area contributed by atoms with Gasteiger partial charge in [0.2, 0.25) is 5.91 Å². The molecule has 1 saturated carbocycles. The van der Waals surface area contributed by atoms with Gasteiger partial charge in [0.15, 0.2) is 5.58 Å². The van der Waals surface area contributed by atoms with Crippen molar-refractivity contribution < 1.29 is 9.21 Å². The first-order chi connectivity index (χ1) is 10.2. The summed E-state index contributed by atoms with van der Waals surface area (Å²) in [6, 6.07) is 7.31. The lowest BCUT2D eigenvalue weighted by Gasteiger charge is -2.27. The summed E-state index contributed by atoms with van der Waals surface area (Å²) in [5.74, 6) is -0.0849. The number of fused-ring (bicyclic) bond motifs is 1. The van der Waals surface area contributed by atoms with Gasteiger partial charge in [-0.2, -0.15) is 0 Å². The van der Waals surface area contributed by atoms with E-state index in [-0.39, 0.29) is 23.6 Å². The Balaban J connectivity index is 1.77. The van der Waals surface area contributed by atoms with Crippen LogP contribution < -0.4 is 11.1 Å². The number of hydrogen-bond acceptors (Lipinski definition) is 3. The molecule has 112 valence electrons. The average molecular weight is 288 g/mol. The van der Waals surface area contributed by atoms with Crippen molar-refractivity contribution >= 4 is 17.0 Å². The van der Waals surface area contributed by atoms with Gasteiger partial charge < -0.3 is 9.73 Å². The number of carbonyl (C=O) groups excluding carboxylic acids is 1. The van der Waals surface area contributed by atoms with E-state index in [2.05, 4.69) is 5.32 Å². The van der Waals surface area contributed by atoms with Crippen molar-refractivity contribution in [3.63, 3.8) is 0 Å². The first-order valence-electron chi connectivity index (χ1n) is 7.57. The SMILES string of the molecule is CC[C@H](Cn1c(=O)oc2ccccc21)NC(=O)C1CCC1. The van der Waals surface area contributed by atoms with Gasteiger partial charge >= 0.3 is 5.76 Å². The van der Waals surface area contributed by atoms with Crippen molar-refractivity contribution in [2.45, 2.75) is 45.2 Å². The molecule has 0 spiro atoms. The molecule has 1 heterocycles. The van der Waals surface area contributed by atoms with Crippen molar-refractivity contribution in [1.29, 1.82) is 0 Å². The van der Waals surface area contributed by atoms with Crippen LogP contribution in [0.25, 0.3) is 11.1 Å². The van der Waals surface area contributed by atoms with E-state index in [1.54, 1.807) is 10.6 Å². The maximum absolute atomic E-state index is 12.0. The zero-order chi connectivity index (χ0) is 14.8. The Labute approximate surface area is 122 Å². The highest BCUT2D eigenvalue weighted by Crippen LogP contribution is 2.26. The molecule has 2 aromatic rings. The summed E-state index contributed by atoms with van der Waals surface area (Å²) in [6.07, 6.45) is 3.89. The highest BCUT2D eigenvalue weighted by atomic mass is 16.4. The van der Waals surface area contributed by atoms with Crippen LogP contribution in [-0.4, -0.2) is 16.5 Å². The van der Waals surface area contributed by atoms with E-state index >= 15 is 0 Å². The van der Waals surface area contributed by atoms with E-state index in [1.807, 2.05) is 25.1 Å². The van der Waals surface area contributed by atoms with Crippen LogP contribution in [0.15, 0.2) is 33.5 Å². The normalized spacial score (nSPS) is 16.6. The van der Waals surface area contributed by atoms with E-state index in [4.69, 9.17) is 4.42 Å². The summed E-state index contributed by atoms with van der Waals surface area (Å²) in [6.45, 7) is 2.46. The molecule has 5 heteroatoms. The predicted molar refractivity (Wildman–Crippen MR) is 80.0 cm³/mol. The molecule has 21 heavy (non-hydrogen) atoms. The van der Waals surface area contributed by atoms with Crippen LogP contribution in [-0.2, 0) is 11.3 Å². The van der Waals surface area contributed by atoms with Gasteiger partial charge in [0.05, 0.1) is 5.52 Å². The smallest absolute Gasteiger partial charge is 0.408 e. The number of nitrogens with zero attached hydrogens (tertiary/aromatic N) is 1. The zero-order valence-corrected chi connectivity index (χ0v) is 12.2. The Morgan fingerprint density at radius 1 is 1.43 bits per heavy atom. The fraction of sp³-hybridized carbons (Fsp3) is 0.500. The van der Waals surface area contributed by atoms with Crippen LogP contribution >= 0.6 is 0 Å². The van der Waals surface area contributed by atoms with Gasteiger partial charge in [-0.15, -0.1) is 0 Å². The second-order valence-corrected chi connectivity index (χ2v) is 5.69. The summed E-state index contributed by atoms with van der Waals surface area (Å²) in [5, 5.41) is 3.06. The lowest BCUT2D eigenvalue weighted by atomic mass is 9.84. The van der Waals surface area contributed by atoms with E-state index in [1.165, 1.54) is 0 Å². The monoisotopic (exact) mass is 288 g/mol. The number of carbonyl (C=O) groups is 1. The Bertz CT molecular complexity index is 697. The van der Waals surface area contributed by atoms with Crippen molar-refractivity contribution in [1.82, 2.24) is 9.88 Å². The van der Waals surface area contributed by atoms with E-state index in [9.17, 15) is 9.59 Å². The number of amides is 1. The Morgan fingerprint density at radius 2 is 2.19 bits per heavy atom. The Hall–Kier alpha value is -2.04. The lowest BCUT2D eigenvalue weighted by molar-refractivity contribution is -0.128. The van der Waals surface area contributed by atoms with Gasteiger partial charge in [0.1, 0.15) is 0 Å². The molecule has 1 aliphatic carbocycles. The Morgan fingerprint density at radius 3 is 2.86 bits per heavy atom. The van der Waals surface area contributed by atoms with Crippen LogP contribution in [0.2, 0.25) is 0 Å². The number of benzene rings is 1. The summed E-state index contributed by atoms with van der Waals surface area (Å²) >= 11 is 0. The summed E-state index contributed by atoms with van der Waals surface area (Å²) in [4.78, 5) is 24.0. The molecule has 1 atom stereocenters. The molecule has 0 aliphatic heterocycles. The molecular formula is C16H20N2O3. The molecule has 1 fully saturated rings. The molecule has 0 saturated heterocycles. The summed E-state index contributed by atoms with van der Waals surface area (Å²) in [5.41, 5.74) is 1.36. The largest absolute Gasteiger partial charge is 0.420 e. The zero-order valence-electron chi connectivity index (χ0n) is 12.2. The van der Waals surface area contributed by atoms with Crippen LogP contribution in [0, 0.1) is 5.92 Å². The molecule has 1 aromatic carbocycles. The molecule has 0 bridgehead atoms. The fourth-order valence-corrected chi connectivity index (χ4v) is 2.67. The maximum atomic E-state index is 12.0. The number of aromatic nitrogens is 1. The van der Waals surface area contributed by atoms with Crippen molar-refractivity contribution in [3.05, 3.63) is 34.8 Å². The van der Waals surface area contributed by atoms with Crippen molar-refractivity contribution in [3.8, 4) is 0 Å². The summed E-state index contributed by atoms with van der Waals surface area (Å²) < 4.78 is 6.83. The van der Waals surface area contributed by atoms with Gasteiger partial charge in [-0.05, 0) is 31.4 Å². The van der Waals surface area contributed by atoms with E-state index in [0.29, 0.717) is 12.1 Å². The number of nitrogens with one attached hydrogen (secondary N) is 1. The van der Waals surface area contributed by atoms with Gasteiger partial charge in [0, 0.05) is 18.5 Å². The molecule has 0 radical (unpaired) electrons. The van der Waals surface area contributed by atoms with Crippen LogP contribution in [0.3, 0.4) is 0 Å². The second kappa shape index (κ2) is 5.76. The molecule has 1 N–H and O–H groups in total. The molecule has 3 rings (SSSR count). The Kier molecular flexibility index (Phi) is 3.82. The third-order valence-electron chi connectivity index (χ3n) is 4.29. The maximum Gasteiger partial charge on any atom is 0.420 e. The minimum atomic E-state index is -0.368. The average Bonchev–Trinajstić information content (AvgIpc) is 2.72. The number of rotatable bonds is 5. The highest BCUT2D eigenvalue weighted by molar-refractivity contribution is 5.79. The fourth-order valence-electron chi connectivity index (χ4n) is 2.67.